The maximum Gasteiger partial charge on any atom is 0.123 e. The number of unbranched alkanes of at least 4 members (excludes halogenated alkanes) is 1. The summed E-state index contributed by atoms with van der Waals surface area (Å²) in [5.41, 5.74) is 6.79. The summed E-state index contributed by atoms with van der Waals surface area (Å²) >= 11 is 0. The topological polar surface area (TPSA) is 46.2 Å². The first-order chi connectivity index (χ1) is 8.61. The lowest BCUT2D eigenvalue weighted by atomic mass is 10.1. The molecule has 3 N–H and O–H groups in total. The van der Waals surface area contributed by atoms with Gasteiger partial charge in [0.25, 0.3) is 0 Å². The second kappa shape index (κ2) is 8.01. The second-order valence-corrected chi connectivity index (χ2v) is 4.59. The van der Waals surface area contributed by atoms with E-state index < -0.39 is 6.10 Å². The van der Waals surface area contributed by atoms with E-state index in [9.17, 15) is 9.50 Å². The van der Waals surface area contributed by atoms with Crippen molar-refractivity contribution in [3.8, 4) is 0 Å². The molecule has 0 aromatic heterocycles. The van der Waals surface area contributed by atoms with Crippen LogP contribution < -0.4 is 5.73 Å². The van der Waals surface area contributed by atoms with E-state index >= 15 is 0 Å². The summed E-state index contributed by atoms with van der Waals surface area (Å²) in [4.78, 5) is 0. The zero-order chi connectivity index (χ0) is 13.4. The normalized spacial score (nSPS) is 14.9. The third-order valence-corrected chi connectivity index (χ3v) is 2.83. The summed E-state index contributed by atoms with van der Waals surface area (Å²) in [6.07, 6.45) is 6.66. The summed E-state index contributed by atoms with van der Waals surface area (Å²) in [5, 5.41) is 9.81. The number of hydrogen-bond donors (Lipinski definition) is 2. The first-order valence-electron chi connectivity index (χ1n) is 6.48. The van der Waals surface area contributed by atoms with Crippen LogP contribution in [-0.2, 0) is 6.42 Å². The van der Waals surface area contributed by atoms with Crippen molar-refractivity contribution in [2.75, 3.05) is 0 Å². The molecule has 100 valence electrons. The maximum absolute atomic E-state index is 12.7. The molecule has 1 aromatic carbocycles. The average molecular weight is 251 g/mol. The van der Waals surface area contributed by atoms with Gasteiger partial charge in [0.1, 0.15) is 5.82 Å². The van der Waals surface area contributed by atoms with Crippen molar-refractivity contribution >= 4 is 0 Å². The lowest BCUT2D eigenvalue weighted by Crippen LogP contribution is -2.18. The first-order valence-corrected chi connectivity index (χ1v) is 6.48. The van der Waals surface area contributed by atoms with E-state index in [1.165, 1.54) is 12.1 Å². The average Bonchev–Trinajstić information content (AvgIpc) is 2.36. The number of hydrogen-bond acceptors (Lipinski definition) is 2. The minimum atomic E-state index is -0.567. The van der Waals surface area contributed by atoms with Crippen molar-refractivity contribution in [3.05, 3.63) is 47.8 Å². The van der Waals surface area contributed by atoms with Gasteiger partial charge in [-0.05, 0) is 24.1 Å². The number of rotatable bonds is 7. The summed E-state index contributed by atoms with van der Waals surface area (Å²) in [5.74, 6) is -0.259. The Hall–Kier alpha value is -1.19. The zero-order valence-corrected chi connectivity index (χ0v) is 10.8. The molecule has 2 atom stereocenters. The molecule has 1 rings (SSSR count). The van der Waals surface area contributed by atoms with Crippen molar-refractivity contribution in [2.24, 2.45) is 5.73 Å². The Kier molecular flexibility index (Phi) is 6.61. The summed E-state index contributed by atoms with van der Waals surface area (Å²) in [7, 11) is 0. The highest BCUT2D eigenvalue weighted by atomic mass is 19.1. The van der Waals surface area contributed by atoms with Crippen LogP contribution in [0.3, 0.4) is 0 Å². The van der Waals surface area contributed by atoms with Gasteiger partial charge in [0.2, 0.25) is 0 Å². The van der Waals surface area contributed by atoms with Crippen molar-refractivity contribution in [3.63, 3.8) is 0 Å². The Morgan fingerprint density at radius 3 is 2.56 bits per heavy atom. The number of aliphatic hydroxyl groups is 1. The number of benzene rings is 1. The number of nitrogens with two attached hydrogens (primary N) is 1. The van der Waals surface area contributed by atoms with Gasteiger partial charge in [0.05, 0.1) is 6.10 Å². The summed E-state index contributed by atoms with van der Waals surface area (Å²) in [6, 6.07) is 6.18. The molecule has 0 aliphatic carbocycles. The molecule has 0 unspecified atom stereocenters. The monoisotopic (exact) mass is 251 g/mol. The van der Waals surface area contributed by atoms with Crippen LogP contribution in [0, 0.1) is 5.82 Å². The molecule has 0 saturated carbocycles. The second-order valence-electron chi connectivity index (χ2n) is 4.59. The van der Waals surface area contributed by atoms with Gasteiger partial charge in [-0.15, -0.1) is 0 Å². The van der Waals surface area contributed by atoms with Crippen LogP contribution in [0.5, 0.6) is 0 Å². The Morgan fingerprint density at radius 2 is 1.94 bits per heavy atom. The van der Waals surface area contributed by atoms with Crippen LogP contribution >= 0.6 is 0 Å². The Morgan fingerprint density at radius 1 is 1.28 bits per heavy atom. The smallest absolute Gasteiger partial charge is 0.123 e. The number of aliphatic hydroxyl groups excluding tert-OH is 1. The van der Waals surface area contributed by atoms with E-state index in [1.54, 1.807) is 18.2 Å². The maximum atomic E-state index is 12.7. The van der Waals surface area contributed by atoms with Gasteiger partial charge in [-0.3, -0.25) is 0 Å². The molecule has 0 aliphatic heterocycles. The highest BCUT2D eigenvalue weighted by Gasteiger charge is 2.03. The van der Waals surface area contributed by atoms with E-state index in [0.29, 0.717) is 6.42 Å². The minimum Gasteiger partial charge on any atom is -0.389 e. The first kappa shape index (κ1) is 14.9. The van der Waals surface area contributed by atoms with E-state index in [0.717, 1.165) is 24.8 Å². The summed E-state index contributed by atoms with van der Waals surface area (Å²) in [6.45, 7) is 2.12. The van der Waals surface area contributed by atoms with Gasteiger partial charge in [-0.1, -0.05) is 44.1 Å². The molecule has 2 nitrogen and oxygen atoms in total. The Balaban J connectivity index is 2.38. The van der Waals surface area contributed by atoms with Crippen LogP contribution in [-0.4, -0.2) is 17.3 Å². The number of halogens is 1. The molecule has 0 bridgehead atoms. The fourth-order valence-corrected chi connectivity index (χ4v) is 1.74. The molecular formula is C15H22FNO. The highest BCUT2D eigenvalue weighted by Crippen LogP contribution is 2.07. The van der Waals surface area contributed by atoms with Gasteiger partial charge in [-0.2, -0.15) is 0 Å². The molecule has 0 aliphatic rings. The van der Waals surface area contributed by atoms with Gasteiger partial charge < -0.3 is 10.8 Å². The standard InChI is InChI=1S/C15H22FNO/c1-2-3-4-14(17)9-10-15(18)11-12-5-7-13(16)8-6-12/h5-10,14-15,18H,2-4,11,17H2,1H3/t14-,15-/m1/s1. The lowest BCUT2D eigenvalue weighted by Gasteiger charge is -2.08. The van der Waals surface area contributed by atoms with Crippen molar-refractivity contribution in [1.82, 2.24) is 0 Å². The van der Waals surface area contributed by atoms with Crippen LogP contribution in [0.1, 0.15) is 31.7 Å². The molecule has 3 heteroatoms. The van der Waals surface area contributed by atoms with Crippen molar-refractivity contribution in [2.45, 2.75) is 44.8 Å². The van der Waals surface area contributed by atoms with Gasteiger partial charge in [0, 0.05) is 12.5 Å². The third kappa shape index (κ3) is 5.94. The van der Waals surface area contributed by atoms with Crippen LogP contribution in [0.4, 0.5) is 4.39 Å². The lowest BCUT2D eigenvalue weighted by molar-refractivity contribution is 0.223. The Bertz CT molecular complexity index is 361. The van der Waals surface area contributed by atoms with E-state index in [1.807, 2.05) is 6.08 Å². The quantitative estimate of drug-likeness (QED) is 0.732. The zero-order valence-electron chi connectivity index (χ0n) is 10.8. The minimum absolute atomic E-state index is 0.00724. The molecule has 0 amide bonds. The predicted molar refractivity (Wildman–Crippen MR) is 72.8 cm³/mol. The molecule has 0 saturated heterocycles. The predicted octanol–water partition coefficient (Wildman–Crippen LogP) is 2.80. The third-order valence-electron chi connectivity index (χ3n) is 2.83. The van der Waals surface area contributed by atoms with E-state index in [-0.39, 0.29) is 11.9 Å². The molecular weight excluding hydrogens is 229 g/mol. The highest BCUT2D eigenvalue weighted by molar-refractivity contribution is 5.18. The van der Waals surface area contributed by atoms with Gasteiger partial charge in [-0.25, -0.2) is 4.39 Å². The fourth-order valence-electron chi connectivity index (χ4n) is 1.74. The Labute approximate surface area is 108 Å². The molecule has 1 aromatic rings. The van der Waals surface area contributed by atoms with Crippen LogP contribution in [0.25, 0.3) is 0 Å². The summed E-state index contributed by atoms with van der Waals surface area (Å²) < 4.78 is 12.7. The van der Waals surface area contributed by atoms with Gasteiger partial charge >= 0.3 is 0 Å². The molecule has 0 fully saturated rings. The fraction of sp³-hybridized carbons (Fsp3) is 0.467. The molecule has 18 heavy (non-hydrogen) atoms. The molecule has 0 heterocycles. The van der Waals surface area contributed by atoms with Gasteiger partial charge in [0.15, 0.2) is 0 Å². The largest absolute Gasteiger partial charge is 0.389 e. The van der Waals surface area contributed by atoms with Crippen LogP contribution in [0.15, 0.2) is 36.4 Å². The van der Waals surface area contributed by atoms with Crippen molar-refractivity contribution in [1.29, 1.82) is 0 Å². The molecule has 0 spiro atoms. The van der Waals surface area contributed by atoms with E-state index in [4.69, 9.17) is 5.73 Å². The molecule has 0 radical (unpaired) electrons. The SMILES string of the molecule is CCCC[C@@H](N)C=C[C@@H](O)Cc1ccc(F)cc1. The van der Waals surface area contributed by atoms with E-state index in [2.05, 4.69) is 6.92 Å². The van der Waals surface area contributed by atoms with Crippen molar-refractivity contribution < 1.29 is 9.50 Å². The van der Waals surface area contributed by atoms with Crippen LogP contribution in [0.2, 0.25) is 0 Å².